The van der Waals surface area contributed by atoms with E-state index in [0.717, 1.165) is 5.56 Å². The zero-order valence-corrected chi connectivity index (χ0v) is 10.9. The highest BCUT2D eigenvalue weighted by atomic mass is 35.5. The summed E-state index contributed by atoms with van der Waals surface area (Å²) in [6, 6.07) is 7.61. The Labute approximate surface area is 109 Å². The van der Waals surface area contributed by atoms with E-state index in [1.165, 1.54) is 44.6 Å². The molecule has 2 rings (SSSR count). The Balaban J connectivity index is 0.00000144. The highest BCUT2D eigenvalue weighted by molar-refractivity contribution is 5.85. The fourth-order valence-electron chi connectivity index (χ4n) is 2.38. The lowest BCUT2D eigenvalue weighted by molar-refractivity contribution is 0.452. The Kier molecular flexibility index (Phi) is 6.53. The Hall–Kier alpha value is -0.600. The molecule has 0 spiro atoms. The topological polar surface area (TPSA) is 12.0 Å². The average Bonchev–Trinajstić information content (AvgIpc) is 2.56. The third-order valence-corrected chi connectivity index (χ3v) is 3.39. The Morgan fingerprint density at radius 3 is 2.35 bits per heavy atom. The van der Waals surface area contributed by atoms with Crippen LogP contribution in [0.3, 0.4) is 0 Å². The molecule has 1 nitrogen and oxygen atoms in total. The van der Waals surface area contributed by atoms with Gasteiger partial charge in [0.05, 0.1) is 0 Å². The molecule has 1 aromatic carbocycles. The van der Waals surface area contributed by atoms with E-state index < -0.39 is 0 Å². The molecule has 3 heteroatoms. The second kappa shape index (κ2) is 7.67. The standard InChI is InChI=1S/C14H20FN.ClH/c15-14-10-6-5-7-12(14)11-16-13-8-3-1-2-4-9-13;/h5-7,10,13,16H,1-4,8-9,11H2;1H. The first-order valence-electron chi connectivity index (χ1n) is 6.33. The molecular formula is C14H21ClFN. The van der Waals surface area contributed by atoms with Crippen LogP contribution in [0.1, 0.15) is 44.1 Å². The molecule has 17 heavy (non-hydrogen) atoms. The smallest absolute Gasteiger partial charge is 0.127 e. The molecule has 1 fully saturated rings. The average molecular weight is 258 g/mol. The molecule has 0 unspecified atom stereocenters. The minimum absolute atomic E-state index is 0. The van der Waals surface area contributed by atoms with Crippen LogP contribution in [-0.2, 0) is 6.54 Å². The maximum Gasteiger partial charge on any atom is 0.127 e. The molecule has 1 saturated carbocycles. The maximum absolute atomic E-state index is 13.4. The van der Waals surface area contributed by atoms with Crippen LogP contribution in [-0.4, -0.2) is 6.04 Å². The first-order chi connectivity index (χ1) is 7.86. The first-order valence-corrected chi connectivity index (χ1v) is 6.33. The lowest BCUT2D eigenvalue weighted by Gasteiger charge is -2.16. The van der Waals surface area contributed by atoms with Gasteiger partial charge < -0.3 is 5.32 Å². The lowest BCUT2D eigenvalue weighted by atomic mass is 10.1. The van der Waals surface area contributed by atoms with E-state index in [0.29, 0.717) is 12.6 Å². The van der Waals surface area contributed by atoms with Crippen molar-refractivity contribution in [2.24, 2.45) is 0 Å². The first kappa shape index (κ1) is 14.5. The largest absolute Gasteiger partial charge is 0.310 e. The van der Waals surface area contributed by atoms with Crippen molar-refractivity contribution in [1.82, 2.24) is 5.32 Å². The van der Waals surface area contributed by atoms with E-state index in [4.69, 9.17) is 0 Å². The Morgan fingerprint density at radius 1 is 1.06 bits per heavy atom. The molecule has 1 aliphatic carbocycles. The summed E-state index contributed by atoms with van der Waals surface area (Å²) < 4.78 is 13.4. The second-order valence-electron chi connectivity index (χ2n) is 4.66. The van der Waals surface area contributed by atoms with Gasteiger partial charge in [0.1, 0.15) is 5.82 Å². The van der Waals surface area contributed by atoms with Crippen molar-refractivity contribution in [2.75, 3.05) is 0 Å². The van der Waals surface area contributed by atoms with Crippen molar-refractivity contribution in [3.8, 4) is 0 Å². The Bertz CT molecular complexity index is 322. The number of nitrogens with one attached hydrogen (secondary N) is 1. The molecule has 0 aromatic heterocycles. The molecule has 1 aliphatic rings. The summed E-state index contributed by atoms with van der Waals surface area (Å²) in [4.78, 5) is 0. The molecule has 1 aromatic rings. The van der Waals surface area contributed by atoms with E-state index in [-0.39, 0.29) is 18.2 Å². The van der Waals surface area contributed by atoms with E-state index in [1.807, 2.05) is 12.1 Å². The van der Waals surface area contributed by atoms with Gasteiger partial charge in [-0.2, -0.15) is 0 Å². The maximum atomic E-state index is 13.4. The van der Waals surface area contributed by atoms with Crippen molar-refractivity contribution < 1.29 is 4.39 Å². The van der Waals surface area contributed by atoms with Gasteiger partial charge in [0, 0.05) is 18.2 Å². The monoisotopic (exact) mass is 257 g/mol. The third-order valence-electron chi connectivity index (χ3n) is 3.39. The number of hydrogen-bond donors (Lipinski definition) is 1. The van der Waals surface area contributed by atoms with Gasteiger partial charge in [-0.25, -0.2) is 4.39 Å². The predicted molar refractivity (Wildman–Crippen MR) is 72.0 cm³/mol. The van der Waals surface area contributed by atoms with E-state index >= 15 is 0 Å². The zero-order chi connectivity index (χ0) is 11.2. The molecule has 0 atom stereocenters. The zero-order valence-electron chi connectivity index (χ0n) is 10.1. The molecular weight excluding hydrogens is 237 g/mol. The van der Waals surface area contributed by atoms with Crippen molar-refractivity contribution in [3.05, 3.63) is 35.6 Å². The number of rotatable bonds is 3. The summed E-state index contributed by atoms with van der Waals surface area (Å²) in [5.41, 5.74) is 0.784. The predicted octanol–water partition coefficient (Wildman–Crippen LogP) is 4.06. The SMILES string of the molecule is Cl.Fc1ccccc1CNC1CCCCCC1. The van der Waals surface area contributed by atoms with Gasteiger partial charge in [-0.3, -0.25) is 0 Å². The van der Waals surface area contributed by atoms with E-state index in [1.54, 1.807) is 6.07 Å². The quantitative estimate of drug-likeness (QED) is 0.806. The van der Waals surface area contributed by atoms with Crippen molar-refractivity contribution in [1.29, 1.82) is 0 Å². The fraction of sp³-hybridized carbons (Fsp3) is 0.571. The van der Waals surface area contributed by atoms with Crippen molar-refractivity contribution >= 4 is 12.4 Å². The van der Waals surface area contributed by atoms with Crippen LogP contribution in [0.25, 0.3) is 0 Å². The molecule has 96 valence electrons. The van der Waals surface area contributed by atoms with Gasteiger partial charge in [0.25, 0.3) is 0 Å². The summed E-state index contributed by atoms with van der Waals surface area (Å²) in [5.74, 6) is -0.0939. The number of benzene rings is 1. The molecule has 0 aliphatic heterocycles. The molecule has 0 radical (unpaired) electrons. The Morgan fingerprint density at radius 2 is 1.71 bits per heavy atom. The van der Waals surface area contributed by atoms with Crippen LogP contribution in [0.4, 0.5) is 4.39 Å². The highest BCUT2D eigenvalue weighted by Gasteiger charge is 2.11. The third kappa shape index (κ3) is 4.64. The number of halogens is 2. The summed E-state index contributed by atoms with van der Waals surface area (Å²) in [7, 11) is 0. The van der Waals surface area contributed by atoms with Crippen molar-refractivity contribution in [2.45, 2.75) is 51.1 Å². The molecule has 1 N–H and O–H groups in total. The summed E-state index contributed by atoms with van der Waals surface area (Å²) in [6.45, 7) is 0.664. The molecule has 0 bridgehead atoms. The molecule has 0 amide bonds. The lowest BCUT2D eigenvalue weighted by Crippen LogP contribution is -2.28. The van der Waals surface area contributed by atoms with Crippen LogP contribution >= 0.6 is 12.4 Å². The van der Waals surface area contributed by atoms with Gasteiger partial charge >= 0.3 is 0 Å². The minimum atomic E-state index is -0.0939. The minimum Gasteiger partial charge on any atom is -0.310 e. The molecule has 0 heterocycles. The van der Waals surface area contributed by atoms with Gasteiger partial charge in [0.15, 0.2) is 0 Å². The van der Waals surface area contributed by atoms with Crippen LogP contribution in [0, 0.1) is 5.82 Å². The summed E-state index contributed by atoms with van der Waals surface area (Å²) >= 11 is 0. The molecule has 0 saturated heterocycles. The van der Waals surface area contributed by atoms with E-state index in [9.17, 15) is 4.39 Å². The number of hydrogen-bond acceptors (Lipinski definition) is 1. The summed E-state index contributed by atoms with van der Waals surface area (Å²) in [6.07, 6.45) is 7.84. The summed E-state index contributed by atoms with van der Waals surface area (Å²) in [5, 5.41) is 3.48. The second-order valence-corrected chi connectivity index (χ2v) is 4.66. The van der Waals surface area contributed by atoms with Crippen LogP contribution < -0.4 is 5.32 Å². The fourth-order valence-corrected chi connectivity index (χ4v) is 2.38. The van der Waals surface area contributed by atoms with Gasteiger partial charge in [-0.15, -0.1) is 12.4 Å². The van der Waals surface area contributed by atoms with Crippen LogP contribution in [0.5, 0.6) is 0 Å². The van der Waals surface area contributed by atoms with Crippen LogP contribution in [0.2, 0.25) is 0 Å². The highest BCUT2D eigenvalue weighted by Crippen LogP contribution is 2.17. The normalized spacial score (nSPS) is 17.2. The van der Waals surface area contributed by atoms with Gasteiger partial charge in [0.2, 0.25) is 0 Å². The van der Waals surface area contributed by atoms with Gasteiger partial charge in [-0.05, 0) is 18.9 Å². The van der Waals surface area contributed by atoms with Crippen LogP contribution in [0.15, 0.2) is 24.3 Å². The van der Waals surface area contributed by atoms with E-state index in [2.05, 4.69) is 5.32 Å². The van der Waals surface area contributed by atoms with Crippen molar-refractivity contribution in [3.63, 3.8) is 0 Å². The van der Waals surface area contributed by atoms with Gasteiger partial charge in [-0.1, -0.05) is 43.9 Å².